The number of aliphatic hydroxyl groups is 1. The van der Waals surface area contributed by atoms with E-state index in [1.54, 1.807) is 0 Å². The Bertz CT molecular complexity index is 508. The van der Waals surface area contributed by atoms with Crippen molar-refractivity contribution in [2.75, 3.05) is 7.11 Å². The maximum atomic E-state index is 11.7. The number of carbonyl (C=O) groups excluding carboxylic acids is 1. The lowest BCUT2D eigenvalue weighted by molar-refractivity contribution is -0.129. The van der Waals surface area contributed by atoms with E-state index in [2.05, 4.69) is 23.8 Å². The second-order valence-electron chi connectivity index (χ2n) is 4.84. The Labute approximate surface area is 130 Å². The molecule has 0 aliphatic rings. The molecular formula is C16H24N2O4. The topological polar surface area (TPSA) is 84.6 Å². The molecule has 1 heterocycles. The van der Waals surface area contributed by atoms with Gasteiger partial charge in [-0.15, -0.1) is 0 Å². The molecule has 0 saturated heterocycles. The summed E-state index contributed by atoms with van der Waals surface area (Å²) in [6.45, 7) is 5.88. The van der Waals surface area contributed by atoms with Crippen molar-refractivity contribution >= 4 is 11.7 Å². The number of aliphatic hydroxyl groups excluding tert-OH is 1. The van der Waals surface area contributed by atoms with Crippen molar-refractivity contribution in [3.63, 3.8) is 0 Å². The van der Waals surface area contributed by atoms with Crippen LogP contribution in [0.1, 0.15) is 44.2 Å². The van der Waals surface area contributed by atoms with Crippen molar-refractivity contribution in [3.05, 3.63) is 36.6 Å². The molecule has 122 valence electrons. The lowest BCUT2D eigenvalue weighted by Gasteiger charge is -2.07. The fourth-order valence-electron chi connectivity index (χ4n) is 1.68. The van der Waals surface area contributed by atoms with Gasteiger partial charge in [-0.25, -0.2) is 4.98 Å². The van der Waals surface area contributed by atoms with Gasteiger partial charge in [-0.3, -0.25) is 4.79 Å². The van der Waals surface area contributed by atoms with Crippen LogP contribution in [-0.4, -0.2) is 29.2 Å². The zero-order chi connectivity index (χ0) is 16.4. The number of nitrogens with one attached hydrogen (secondary N) is 1. The first-order valence-electron chi connectivity index (χ1n) is 7.36. The van der Waals surface area contributed by atoms with Gasteiger partial charge >= 0.3 is 0 Å². The summed E-state index contributed by atoms with van der Waals surface area (Å²) in [6, 6.07) is 0. The maximum absolute atomic E-state index is 11.7. The summed E-state index contributed by atoms with van der Waals surface area (Å²) < 4.78 is 10.1. The Hall–Kier alpha value is -2.08. The maximum Gasteiger partial charge on any atom is 0.249 e. The molecule has 0 radical (unpaired) electrons. The fourth-order valence-corrected chi connectivity index (χ4v) is 1.68. The molecule has 1 atom stereocenters. The second kappa shape index (κ2) is 9.78. The lowest BCUT2D eigenvalue weighted by atomic mass is 10.2. The smallest absolute Gasteiger partial charge is 0.249 e. The highest BCUT2D eigenvalue weighted by Crippen LogP contribution is 2.12. The van der Waals surface area contributed by atoms with Gasteiger partial charge < -0.3 is 19.6 Å². The van der Waals surface area contributed by atoms with Crippen molar-refractivity contribution in [1.82, 2.24) is 10.3 Å². The zero-order valence-corrected chi connectivity index (χ0v) is 13.2. The molecule has 1 amide bonds. The molecule has 0 saturated carbocycles. The quantitative estimate of drug-likeness (QED) is 0.394. The standard InChI is InChI=1S/C16H24N2O4/c1-4-5-6-7-8-9-14(19)16(20)17-10-15-18-13(11-22-15)12(2)21-3/h7-8,11,14,19H,2,4-6,9-10H2,1,3H3,(H,17,20). The molecule has 0 aliphatic heterocycles. The van der Waals surface area contributed by atoms with E-state index in [0.717, 1.165) is 19.3 Å². The molecule has 1 unspecified atom stereocenters. The molecular weight excluding hydrogens is 284 g/mol. The van der Waals surface area contributed by atoms with Crippen molar-refractivity contribution in [2.24, 2.45) is 0 Å². The largest absolute Gasteiger partial charge is 0.495 e. The number of nitrogens with zero attached hydrogens (tertiary/aromatic N) is 1. The molecule has 1 rings (SSSR count). The average molecular weight is 308 g/mol. The highest BCUT2D eigenvalue weighted by molar-refractivity contribution is 5.80. The van der Waals surface area contributed by atoms with E-state index in [4.69, 9.17) is 9.15 Å². The monoisotopic (exact) mass is 308 g/mol. The second-order valence-corrected chi connectivity index (χ2v) is 4.84. The van der Waals surface area contributed by atoms with Gasteiger partial charge in [0, 0.05) is 6.42 Å². The highest BCUT2D eigenvalue weighted by Gasteiger charge is 2.14. The first-order chi connectivity index (χ1) is 10.6. The van der Waals surface area contributed by atoms with E-state index in [1.807, 2.05) is 12.2 Å². The van der Waals surface area contributed by atoms with Crippen LogP contribution >= 0.6 is 0 Å². The number of allylic oxidation sites excluding steroid dienone is 1. The van der Waals surface area contributed by atoms with Crippen molar-refractivity contribution in [1.29, 1.82) is 0 Å². The Morgan fingerprint density at radius 1 is 1.59 bits per heavy atom. The van der Waals surface area contributed by atoms with E-state index in [9.17, 15) is 9.90 Å². The Balaban J connectivity index is 2.34. The average Bonchev–Trinajstić information content (AvgIpc) is 3.00. The SMILES string of the molecule is C=C(OC)c1coc(CNC(=O)C(O)CC=CCCCC)n1. The molecule has 1 aromatic rings. The van der Waals surface area contributed by atoms with Crippen LogP contribution in [0.4, 0.5) is 0 Å². The Kier molecular flexibility index (Phi) is 7.99. The number of carbonyl (C=O) groups is 1. The number of aromatic nitrogens is 1. The third-order valence-corrected chi connectivity index (χ3v) is 3.05. The number of hydrogen-bond donors (Lipinski definition) is 2. The summed E-state index contributed by atoms with van der Waals surface area (Å²) in [6.07, 6.45) is 7.64. The van der Waals surface area contributed by atoms with Gasteiger partial charge in [0.2, 0.25) is 11.8 Å². The van der Waals surface area contributed by atoms with Crippen molar-refractivity contribution < 1.29 is 19.1 Å². The Morgan fingerprint density at radius 3 is 3.05 bits per heavy atom. The molecule has 0 bridgehead atoms. The normalized spacial score (nSPS) is 12.3. The fraction of sp³-hybridized carbons (Fsp3) is 0.500. The number of unbranched alkanes of at least 4 members (excludes halogenated alkanes) is 2. The third kappa shape index (κ3) is 6.13. The number of rotatable bonds is 10. The van der Waals surface area contributed by atoms with Crippen LogP contribution in [0.25, 0.3) is 5.76 Å². The lowest BCUT2D eigenvalue weighted by Crippen LogP contribution is -2.33. The zero-order valence-electron chi connectivity index (χ0n) is 13.2. The van der Waals surface area contributed by atoms with Gasteiger partial charge in [-0.05, 0) is 6.42 Å². The van der Waals surface area contributed by atoms with Crippen LogP contribution < -0.4 is 5.32 Å². The molecule has 6 heteroatoms. The molecule has 2 N–H and O–H groups in total. The number of amides is 1. The van der Waals surface area contributed by atoms with Gasteiger partial charge in [-0.2, -0.15) is 0 Å². The van der Waals surface area contributed by atoms with Gasteiger partial charge in [-0.1, -0.05) is 38.5 Å². The molecule has 1 aromatic heterocycles. The number of hydrogen-bond acceptors (Lipinski definition) is 5. The molecule has 0 aliphatic carbocycles. The van der Waals surface area contributed by atoms with Crippen LogP contribution in [0, 0.1) is 0 Å². The van der Waals surface area contributed by atoms with Crippen LogP contribution in [-0.2, 0) is 16.1 Å². The van der Waals surface area contributed by atoms with Crippen molar-refractivity contribution in [2.45, 2.75) is 45.3 Å². The number of oxazole rings is 1. The summed E-state index contributed by atoms with van der Waals surface area (Å²) in [7, 11) is 1.49. The third-order valence-electron chi connectivity index (χ3n) is 3.05. The van der Waals surface area contributed by atoms with E-state index in [-0.39, 0.29) is 6.54 Å². The van der Waals surface area contributed by atoms with Gasteiger partial charge in [0.25, 0.3) is 0 Å². The minimum Gasteiger partial charge on any atom is -0.495 e. The van der Waals surface area contributed by atoms with Gasteiger partial charge in [0.05, 0.1) is 13.7 Å². The summed E-state index contributed by atoms with van der Waals surface area (Å²) in [4.78, 5) is 15.8. The predicted octanol–water partition coefficient (Wildman–Crippen LogP) is 2.41. The Morgan fingerprint density at radius 2 is 2.36 bits per heavy atom. The van der Waals surface area contributed by atoms with Crippen LogP contribution in [0.5, 0.6) is 0 Å². The van der Waals surface area contributed by atoms with E-state index in [0.29, 0.717) is 23.8 Å². The number of ether oxygens (including phenoxy) is 1. The molecule has 0 aromatic carbocycles. The molecule has 0 fully saturated rings. The summed E-state index contributed by atoms with van der Waals surface area (Å²) in [5.74, 6) is 0.260. The molecule has 0 spiro atoms. The minimum absolute atomic E-state index is 0.104. The molecule has 6 nitrogen and oxygen atoms in total. The van der Waals surface area contributed by atoms with Crippen molar-refractivity contribution in [3.8, 4) is 0 Å². The molecule has 22 heavy (non-hydrogen) atoms. The minimum atomic E-state index is -1.07. The van der Waals surface area contributed by atoms with Gasteiger partial charge in [0.15, 0.2) is 0 Å². The first kappa shape index (κ1) is 18.0. The van der Waals surface area contributed by atoms with Crippen LogP contribution in [0.15, 0.2) is 29.4 Å². The summed E-state index contributed by atoms with van der Waals surface area (Å²) in [5, 5.41) is 12.3. The first-order valence-corrected chi connectivity index (χ1v) is 7.36. The van der Waals surface area contributed by atoms with Gasteiger partial charge in [0.1, 0.15) is 23.8 Å². The highest BCUT2D eigenvalue weighted by atomic mass is 16.5. The van der Waals surface area contributed by atoms with E-state index in [1.165, 1.54) is 13.4 Å². The van der Waals surface area contributed by atoms with Crippen LogP contribution in [0.3, 0.4) is 0 Å². The number of methoxy groups -OCH3 is 1. The van der Waals surface area contributed by atoms with Crippen LogP contribution in [0.2, 0.25) is 0 Å². The summed E-state index contributed by atoms with van der Waals surface area (Å²) in [5.41, 5.74) is 0.478. The van der Waals surface area contributed by atoms with E-state index >= 15 is 0 Å². The van der Waals surface area contributed by atoms with E-state index < -0.39 is 12.0 Å². The summed E-state index contributed by atoms with van der Waals surface area (Å²) >= 11 is 0. The predicted molar refractivity (Wildman–Crippen MR) is 83.7 cm³/mol.